The van der Waals surface area contributed by atoms with E-state index >= 15 is 0 Å². The maximum Gasteiger partial charge on any atom is 0.306 e. The number of carbonyl (C=O) groups excluding carboxylic acids is 3. The zero-order valence-corrected chi connectivity index (χ0v) is 18.2. The van der Waals surface area contributed by atoms with E-state index in [2.05, 4.69) is 23.8 Å². The van der Waals surface area contributed by atoms with Crippen LogP contribution in [0, 0.1) is 5.92 Å². The van der Waals surface area contributed by atoms with E-state index in [0.29, 0.717) is 19.3 Å². The summed E-state index contributed by atoms with van der Waals surface area (Å²) in [6, 6.07) is 9.11. The molecule has 0 unspecified atom stereocenters. The van der Waals surface area contributed by atoms with Crippen molar-refractivity contribution < 1.29 is 24.2 Å². The summed E-state index contributed by atoms with van der Waals surface area (Å²) in [6.45, 7) is 8.86. The Balaban J connectivity index is 2.52. The molecule has 0 heterocycles. The van der Waals surface area contributed by atoms with Crippen molar-refractivity contribution in [3.8, 4) is 0 Å². The van der Waals surface area contributed by atoms with Crippen LogP contribution in [0.15, 0.2) is 55.6 Å². The van der Waals surface area contributed by atoms with Crippen LogP contribution in [-0.2, 0) is 25.5 Å². The minimum absolute atomic E-state index is 0.0311. The van der Waals surface area contributed by atoms with Gasteiger partial charge in [0.05, 0.1) is 25.1 Å². The highest BCUT2D eigenvalue weighted by molar-refractivity contribution is 5.86. The third-order valence-electron chi connectivity index (χ3n) is 4.61. The number of aliphatic hydroxyl groups excluding tert-OH is 1. The van der Waals surface area contributed by atoms with Crippen LogP contribution in [-0.4, -0.2) is 48.2 Å². The van der Waals surface area contributed by atoms with Crippen LogP contribution in [0.3, 0.4) is 0 Å². The smallest absolute Gasteiger partial charge is 0.306 e. The van der Waals surface area contributed by atoms with Gasteiger partial charge in [0.25, 0.3) is 0 Å². The molecule has 0 fully saturated rings. The van der Waals surface area contributed by atoms with Gasteiger partial charge in [-0.25, -0.2) is 0 Å². The van der Waals surface area contributed by atoms with Crippen LogP contribution in [0.25, 0.3) is 0 Å². The average molecular weight is 431 g/mol. The van der Waals surface area contributed by atoms with Gasteiger partial charge in [0.1, 0.15) is 6.10 Å². The molecule has 31 heavy (non-hydrogen) atoms. The Morgan fingerprint density at radius 2 is 1.87 bits per heavy atom. The first-order valence-electron chi connectivity index (χ1n) is 10.5. The molecule has 3 N–H and O–H groups in total. The van der Waals surface area contributed by atoms with Crippen LogP contribution in [0.2, 0.25) is 0 Å². The number of hydrogen-bond donors (Lipinski definition) is 3. The van der Waals surface area contributed by atoms with Crippen molar-refractivity contribution in [2.45, 2.75) is 51.2 Å². The van der Waals surface area contributed by atoms with Gasteiger partial charge in [-0.1, -0.05) is 42.5 Å². The lowest BCUT2D eigenvalue weighted by Gasteiger charge is -2.20. The number of esters is 1. The molecule has 7 nitrogen and oxygen atoms in total. The number of benzene rings is 1. The van der Waals surface area contributed by atoms with Gasteiger partial charge in [-0.3, -0.25) is 14.4 Å². The number of carbonyl (C=O) groups is 3. The molecule has 7 heteroatoms. The van der Waals surface area contributed by atoms with Crippen LogP contribution >= 0.6 is 0 Å². The highest BCUT2D eigenvalue weighted by atomic mass is 16.5. The number of allylic oxidation sites excluding steroid dienone is 2. The van der Waals surface area contributed by atoms with Crippen molar-refractivity contribution in [2.75, 3.05) is 13.2 Å². The first-order valence-corrected chi connectivity index (χ1v) is 10.5. The predicted molar refractivity (Wildman–Crippen MR) is 120 cm³/mol. The lowest BCUT2D eigenvalue weighted by Crippen LogP contribution is -2.42. The van der Waals surface area contributed by atoms with E-state index in [-0.39, 0.29) is 43.8 Å². The number of nitrogens with one attached hydrogen (secondary N) is 2. The summed E-state index contributed by atoms with van der Waals surface area (Å²) in [5.74, 6) is -1.58. The second kappa shape index (κ2) is 15.0. The highest BCUT2D eigenvalue weighted by Gasteiger charge is 2.23. The summed E-state index contributed by atoms with van der Waals surface area (Å²) in [5, 5.41) is 15.1. The normalized spacial score (nSPS) is 13.4. The van der Waals surface area contributed by atoms with Crippen LogP contribution in [0.4, 0.5) is 0 Å². The summed E-state index contributed by atoms with van der Waals surface area (Å²) in [7, 11) is 0. The zero-order chi connectivity index (χ0) is 23.1. The molecule has 0 radical (unpaired) electrons. The largest absolute Gasteiger partial charge is 0.461 e. The fraction of sp³-hybridized carbons (Fsp3) is 0.458. The molecule has 0 aliphatic carbocycles. The lowest BCUT2D eigenvalue weighted by atomic mass is 9.99. The zero-order valence-electron chi connectivity index (χ0n) is 18.2. The molecular weight excluding hydrogens is 396 g/mol. The first kappa shape index (κ1) is 26.1. The Morgan fingerprint density at radius 3 is 2.48 bits per heavy atom. The summed E-state index contributed by atoms with van der Waals surface area (Å²) >= 11 is 0. The van der Waals surface area contributed by atoms with Crippen LogP contribution in [0.5, 0.6) is 0 Å². The molecule has 170 valence electrons. The molecule has 0 aromatic heterocycles. The average Bonchev–Trinajstić information content (AvgIpc) is 2.75. The molecule has 0 aliphatic heterocycles. The lowest BCUT2D eigenvalue weighted by molar-refractivity contribution is -0.148. The monoisotopic (exact) mass is 430 g/mol. The van der Waals surface area contributed by atoms with E-state index in [1.807, 2.05) is 30.3 Å². The van der Waals surface area contributed by atoms with Gasteiger partial charge in [-0.2, -0.15) is 0 Å². The Morgan fingerprint density at radius 1 is 1.16 bits per heavy atom. The van der Waals surface area contributed by atoms with Gasteiger partial charge in [0.2, 0.25) is 11.8 Å². The molecular formula is C24H34N2O5. The maximum atomic E-state index is 12.5. The summed E-state index contributed by atoms with van der Waals surface area (Å²) in [6.07, 6.45) is 4.32. The van der Waals surface area contributed by atoms with Crippen molar-refractivity contribution in [2.24, 2.45) is 5.92 Å². The number of aliphatic hydroxyl groups is 1. The second-order valence-electron chi connectivity index (χ2n) is 7.44. The van der Waals surface area contributed by atoms with Crippen molar-refractivity contribution in [3.63, 3.8) is 0 Å². The van der Waals surface area contributed by atoms with E-state index in [0.717, 1.165) is 5.56 Å². The summed E-state index contributed by atoms with van der Waals surface area (Å²) in [5.41, 5.74) is 0.999. The van der Waals surface area contributed by atoms with Gasteiger partial charge in [0, 0.05) is 12.8 Å². The molecule has 0 aliphatic rings. The van der Waals surface area contributed by atoms with Crippen molar-refractivity contribution in [1.82, 2.24) is 10.6 Å². The number of hydrogen-bond acceptors (Lipinski definition) is 5. The SMILES string of the molecule is C=CCCC(=O)O[C@@H](C)CNC(=O)[C@H](CC=C)CC(=O)N[C@H](CO)Cc1ccccc1. The van der Waals surface area contributed by atoms with E-state index in [1.54, 1.807) is 19.1 Å². The van der Waals surface area contributed by atoms with E-state index in [4.69, 9.17) is 4.74 Å². The fourth-order valence-electron chi connectivity index (χ4n) is 2.99. The molecule has 0 saturated heterocycles. The topological polar surface area (TPSA) is 105 Å². The second-order valence-corrected chi connectivity index (χ2v) is 7.44. The van der Waals surface area contributed by atoms with Gasteiger partial charge in [-0.05, 0) is 31.7 Å². The third kappa shape index (κ3) is 11.1. The number of ether oxygens (including phenoxy) is 1. The molecule has 2 amide bonds. The van der Waals surface area contributed by atoms with Gasteiger partial charge < -0.3 is 20.5 Å². The molecule has 1 rings (SSSR count). The maximum absolute atomic E-state index is 12.5. The molecule has 1 aromatic carbocycles. The van der Waals surface area contributed by atoms with Crippen molar-refractivity contribution >= 4 is 17.8 Å². The Bertz CT molecular complexity index is 720. The fourth-order valence-corrected chi connectivity index (χ4v) is 2.99. The molecule has 0 bridgehead atoms. The van der Waals surface area contributed by atoms with E-state index in [9.17, 15) is 19.5 Å². The predicted octanol–water partition coefficient (Wildman–Crippen LogP) is 2.30. The molecule has 1 aromatic rings. The number of rotatable bonds is 15. The minimum atomic E-state index is -0.600. The van der Waals surface area contributed by atoms with Gasteiger partial charge >= 0.3 is 5.97 Å². The van der Waals surface area contributed by atoms with Crippen molar-refractivity contribution in [1.29, 1.82) is 0 Å². The first-order chi connectivity index (χ1) is 14.9. The van der Waals surface area contributed by atoms with Crippen molar-refractivity contribution in [3.05, 3.63) is 61.2 Å². The number of amides is 2. The van der Waals surface area contributed by atoms with Gasteiger partial charge in [0.15, 0.2) is 0 Å². The minimum Gasteiger partial charge on any atom is -0.461 e. The van der Waals surface area contributed by atoms with Crippen LogP contribution in [0.1, 0.15) is 38.2 Å². The Kier molecular flexibility index (Phi) is 12.6. The molecule has 0 saturated carbocycles. The molecule has 3 atom stereocenters. The summed E-state index contributed by atoms with van der Waals surface area (Å²) < 4.78 is 5.22. The van der Waals surface area contributed by atoms with E-state index in [1.165, 1.54) is 0 Å². The quantitative estimate of drug-likeness (QED) is 0.293. The Hall–Kier alpha value is -2.93. The standard InChI is InChI=1S/C24H34N2O5/c1-4-6-13-23(29)31-18(3)16-25-24(30)20(10-5-2)15-22(28)26-21(17-27)14-19-11-8-7-9-12-19/h4-5,7-9,11-12,18,20-21,27H,1-2,6,10,13-17H2,3H3,(H,25,30)(H,26,28)/t18-,20+,21-/m0/s1. The Labute approximate surface area is 184 Å². The van der Waals surface area contributed by atoms with Gasteiger partial charge in [-0.15, -0.1) is 13.2 Å². The summed E-state index contributed by atoms with van der Waals surface area (Å²) in [4.78, 5) is 36.6. The third-order valence-corrected chi connectivity index (χ3v) is 4.61. The molecule has 0 spiro atoms. The highest BCUT2D eigenvalue weighted by Crippen LogP contribution is 2.11. The van der Waals surface area contributed by atoms with E-state index < -0.39 is 18.1 Å². The van der Waals surface area contributed by atoms with Crippen LogP contribution < -0.4 is 10.6 Å².